The van der Waals surface area contributed by atoms with Crippen molar-refractivity contribution >= 4 is 0 Å². The molecule has 1 heterocycles. The van der Waals surface area contributed by atoms with Crippen molar-refractivity contribution in [3.05, 3.63) is 0 Å². The van der Waals surface area contributed by atoms with Crippen LogP contribution in [0, 0.1) is 11.3 Å². The van der Waals surface area contributed by atoms with E-state index in [0.29, 0.717) is 23.6 Å². The molecular formula is C17H32N2O. The maximum absolute atomic E-state index is 5.97. The largest absolute Gasteiger partial charge is 0.378 e. The minimum atomic E-state index is 0.502. The zero-order valence-electron chi connectivity index (χ0n) is 13.7. The Morgan fingerprint density at radius 2 is 2.00 bits per heavy atom. The Balaban J connectivity index is 1.58. The monoisotopic (exact) mass is 280 g/mol. The van der Waals surface area contributed by atoms with Crippen molar-refractivity contribution in [3.8, 4) is 0 Å². The van der Waals surface area contributed by atoms with Crippen molar-refractivity contribution in [2.75, 3.05) is 20.2 Å². The number of hydrogen-bond donors (Lipinski definition) is 1. The van der Waals surface area contributed by atoms with Gasteiger partial charge in [0, 0.05) is 36.7 Å². The second-order valence-electron chi connectivity index (χ2n) is 7.59. The molecule has 1 spiro atoms. The minimum Gasteiger partial charge on any atom is -0.378 e. The Labute approximate surface area is 124 Å². The zero-order valence-corrected chi connectivity index (χ0v) is 13.7. The van der Waals surface area contributed by atoms with Crippen LogP contribution in [0.4, 0.5) is 0 Å². The van der Waals surface area contributed by atoms with Crippen LogP contribution in [0.2, 0.25) is 0 Å². The Morgan fingerprint density at radius 3 is 2.60 bits per heavy atom. The van der Waals surface area contributed by atoms with E-state index in [1.807, 2.05) is 0 Å². The molecule has 3 nitrogen and oxygen atoms in total. The van der Waals surface area contributed by atoms with Crippen LogP contribution in [0.1, 0.15) is 52.9 Å². The molecule has 0 aromatic rings. The van der Waals surface area contributed by atoms with Crippen LogP contribution in [-0.4, -0.2) is 49.3 Å². The Kier molecular flexibility index (Phi) is 4.13. The van der Waals surface area contributed by atoms with Gasteiger partial charge >= 0.3 is 0 Å². The number of piperidine rings is 1. The fraction of sp³-hybridized carbons (Fsp3) is 1.00. The molecule has 20 heavy (non-hydrogen) atoms. The molecule has 0 amide bonds. The van der Waals surface area contributed by atoms with Gasteiger partial charge in [-0.15, -0.1) is 0 Å². The Bertz CT molecular complexity index is 342. The van der Waals surface area contributed by atoms with Gasteiger partial charge in [-0.1, -0.05) is 13.3 Å². The number of rotatable bonds is 4. The maximum atomic E-state index is 5.97. The summed E-state index contributed by atoms with van der Waals surface area (Å²) in [6.07, 6.45) is 7.24. The van der Waals surface area contributed by atoms with E-state index < -0.39 is 0 Å². The molecule has 116 valence electrons. The van der Waals surface area contributed by atoms with Crippen molar-refractivity contribution in [2.24, 2.45) is 11.3 Å². The quantitative estimate of drug-likeness (QED) is 0.857. The molecular weight excluding hydrogens is 248 g/mol. The first-order valence-electron chi connectivity index (χ1n) is 8.64. The number of ether oxygens (including phenoxy) is 1. The molecule has 3 rings (SSSR count). The van der Waals surface area contributed by atoms with Crippen LogP contribution >= 0.6 is 0 Å². The van der Waals surface area contributed by atoms with E-state index in [1.54, 1.807) is 0 Å². The van der Waals surface area contributed by atoms with Gasteiger partial charge in [-0.25, -0.2) is 0 Å². The summed E-state index contributed by atoms with van der Waals surface area (Å²) < 4.78 is 5.97. The zero-order chi connectivity index (χ0) is 14.3. The normalized spacial score (nSPS) is 44.1. The van der Waals surface area contributed by atoms with Crippen LogP contribution in [0.5, 0.6) is 0 Å². The molecule has 0 bridgehead atoms. The smallest absolute Gasteiger partial charge is 0.0661 e. The molecule has 1 N–H and O–H groups in total. The van der Waals surface area contributed by atoms with Crippen LogP contribution < -0.4 is 5.32 Å². The highest BCUT2D eigenvalue weighted by atomic mass is 16.5. The van der Waals surface area contributed by atoms with Crippen molar-refractivity contribution in [2.45, 2.75) is 77.1 Å². The van der Waals surface area contributed by atoms with Gasteiger partial charge in [-0.2, -0.15) is 0 Å². The molecule has 0 aromatic heterocycles. The van der Waals surface area contributed by atoms with E-state index in [9.17, 15) is 0 Å². The number of likely N-dealkylation sites (tertiary alicyclic amines) is 1. The summed E-state index contributed by atoms with van der Waals surface area (Å²) in [5, 5.41) is 4.03. The van der Waals surface area contributed by atoms with E-state index in [-0.39, 0.29) is 0 Å². The molecule has 2 saturated carbocycles. The summed E-state index contributed by atoms with van der Waals surface area (Å²) in [7, 11) is 2.26. The van der Waals surface area contributed by atoms with Gasteiger partial charge in [0.15, 0.2) is 0 Å². The van der Waals surface area contributed by atoms with Crippen molar-refractivity contribution < 1.29 is 4.74 Å². The molecule has 0 aromatic carbocycles. The van der Waals surface area contributed by atoms with Crippen molar-refractivity contribution in [3.63, 3.8) is 0 Å². The lowest BCUT2D eigenvalue weighted by Gasteiger charge is -2.62. The minimum absolute atomic E-state index is 0.502. The van der Waals surface area contributed by atoms with E-state index in [2.05, 4.69) is 38.0 Å². The highest BCUT2D eigenvalue weighted by Gasteiger charge is 2.59. The fourth-order valence-corrected chi connectivity index (χ4v) is 4.70. The summed E-state index contributed by atoms with van der Waals surface area (Å²) in [4.78, 5) is 2.51. The van der Waals surface area contributed by atoms with Gasteiger partial charge in [0.05, 0.1) is 6.10 Å². The van der Waals surface area contributed by atoms with Gasteiger partial charge in [-0.3, -0.25) is 0 Å². The topological polar surface area (TPSA) is 24.5 Å². The van der Waals surface area contributed by atoms with Gasteiger partial charge in [-0.05, 0) is 52.5 Å². The predicted octanol–water partition coefficient (Wildman–Crippen LogP) is 2.65. The molecule has 1 aliphatic heterocycles. The molecule has 3 fully saturated rings. The van der Waals surface area contributed by atoms with Gasteiger partial charge in [0.2, 0.25) is 0 Å². The van der Waals surface area contributed by atoms with E-state index in [4.69, 9.17) is 4.74 Å². The second-order valence-corrected chi connectivity index (χ2v) is 7.59. The van der Waals surface area contributed by atoms with Crippen molar-refractivity contribution in [1.82, 2.24) is 10.2 Å². The summed E-state index contributed by atoms with van der Waals surface area (Å²) >= 11 is 0. The molecule has 3 heteroatoms. The van der Waals surface area contributed by atoms with Crippen LogP contribution in [0.3, 0.4) is 0 Å². The Hall–Kier alpha value is -0.120. The highest BCUT2D eigenvalue weighted by Crippen LogP contribution is 2.57. The van der Waals surface area contributed by atoms with E-state index in [1.165, 1.54) is 38.6 Å². The first kappa shape index (κ1) is 14.8. The molecule has 3 aliphatic rings. The molecule has 5 atom stereocenters. The van der Waals surface area contributed by atoms with Crippen LogP contribution in [-0.2, 0) is 4.74 Å². The lowest BCUT2D eigenvalue weighted by Crippen LogP contribution is -2.69. The van der Waals surface area contributed by atoms with Gasteiger partial charge in [0.1, 0.15) is 0 Å². The summed E-state index contributed by atoms with van der Waals surface area (Å²) in [5.41, 5.74) is 0.502. The summed E-state index contributed by atoms with van der Waals surface area (Å²) in [6.45, 7) is 9.01. The average molecular weight is 280 g/mol. The maximum Gasteiger partial charge on any atom is 0.0661 e. The first-order chi connectivity index (χ1) is 9.56. The molecule has 1 saturated heterocycles. The third-order valence-corrected chi connectivity index (χ3v) is 6.46. The second kappa shape index (κ2) is 5.58. The average Bonchev–Trinajstić information content (AvgIpc) is 2.32. The SMILES string of the molecule is CCOC1CC(NC2CC(C)N(C)CC2C)C12CCC2. The molecule has 5 unspecified atom stereocenters. The third-order valence-electron chi connectivity index (χ3n) is 6.46. The standard InChI is InChI=1S/C17H32N2O/c1-5-20-16-10-15(17(16)7-6-8-17)18-14-9-13(3)19(4)11-12(14)2/h12-16,18H,5-11H2,1-4H3. The van der Waals surface area contributed by atoms with Gasteiger partial charge in [0.25, 0.3) is 0 Å². The lowest BCUT2D eigenvalue weighted by atomic mass is 9.50. The number of nitrogens with zero attached hydrogens (tertiary/aromatic N) is 1. The number of nitrogens with one attached hydrogen (secondary N) is 1. The fourth-order valence-electron chi connectivity index (χ4n) is 4.70. The molecule has 0 radical (unpaired) electrons. The van der Waals surface area contributed by atoms with Crippen molar-refractivity contribution in [1.29, 1.82) is 0 Å². The lowest BCUT2D eigenvalue weighted by molar-refractivity contribution is -0.176. The third kappa shape index (κ3) is 2.32. The van der Waals surface area contributed by atoms with Gasteiger partial charge < -0.3 is 15.0 Å². The number of hydrogen-bond acceptors (Lipinski definition) is 3. The van der Waals surface area contributed by atoms with Crippen LogP contribution in [0.15, 0.2) is 0 Å². The first-order valence-corrected chi connectivity index (χ1v) is 8.64. The van der Waals surface area contributed by atoms with E-state index >= 15 is 0 Å². The summed E-state index contributed by atoms with van der Waals surface area (Å²) in [6, 6.07) is 2.13. The summed E-state index contributed by atoms with van der Waals surface area (Å²) in [5.74, 6) is 0.763. The van der Waals surface area contributed by atoms with E-state index in [0.717, 1.165) is 18.6 Å². The highest BCUT2D eigenvalue weighted by molar-refractivity contribution is 5.13. The predicted molar refractivity (Wildman–Crippen MR) is 82.9 cm³/mol. The Morgan fingerprint density at radius 1 is 1.25 bits per heavy atom. The molecule has 2 aliphatic carbocycles. The van der Waals surface area contributed by atoms with Crippen LogP contribution in [0.25, 0.3) is 0 Å².